The molecule has 1 aliphatic carbocycles. The Morgan fingerprint density at radius 1 is 1.32 bits per heavy atom. The zero-order valence-electron chi connectivity index (χ0n) is 22.6. The maximum absolute atomic E-state index is 14.1. The molecule has 1 saturated carbocycles. The van der Waals surface area contributed by atoms with Crippen LogP contribution in [0.15, 0.2) is 44.7 Å². The Balaban J connectivity index is 1.65. The van der Waals surface area contributed by atoms with Crippen molar-refractivity contribution in [2.24, 2.45) is 0 Å². The number of fused-ring (bicyclic) bond motifs is 1. The molecule has 1 fully saturated rings. The number of alkyl halides is 2. The summed E-state index contributed by atoms with van der Waals surface area (Å²) in [5.74, 6) is -1.18. The first-order valence-electron chi connectivity index (χ1n) is 12.7. The molecule has 0 aliphatic heterocycles. The van der Waals surface area contributed by atoms with E-state index in [0.29, 0.717) is 10.4 Å². The first kappa shape index (κ1) is 29.0. The fourth-order valence-corrected chi connectivity index (χ4v) is 6.59. The molecular weight excluding hydrogens is 581 g/mol. The molecule has 3 aromatic heterocycles. The van der Waals surface area contributed by atoms with Crippen LogP contribution in [0.2, 0.25) is 0 Å². The number of oxazole rings is 1. The third-order valence-corrected chi connectivity index (χ3v) is 9.63. The van der Waals surface area contributed by atoms with Crippen LogP contribution in [0.3, 0.4) is 0 Å². The number of nitrogens with one attached hydrogen (secondary N) is 1. The van der Waals surface area contributed by atoms with E-state index in [2.05, 4.69) is 14.4 Å². The molecule has 1 amide bonds. The molecular formula is C27H27F3N4O5S2. The van der Waals surface area contributed by atoms with E-state index in [-0.39, 0.29) is 45.1 Å². The van der Waals surface area contributed by atoms with E-state index >= 15 is 0 Å². The average molecular weight is 609 g/mol. The van der Waals surface area contributed by atoms with Crippen molar-refractivity contribution in [3.05, 3.63) is 68.4 Å². The second kappa shape index (κ2) is 10.7. The minimum absolute atomic E-state index is 0.0842. The first-order chi connectivity index (χ1) is 19.3. The average Bonchev–Trinajstić information content (AvgIpc) is 3.25. The van der Waals surface area contributed by atoms with Gasteiger partial charge in [0.05, 0.1) is 16.5 Å². The molecule has 0 spiro atoms. The van der Waals surface area contributed by atoms with Crippen molar-refractivity contribution in [3.8, 4) is 16.5 Å². The number of aromatic nitrogens is 3. The first-order valence-corrected chi connectivity index (χ1v) is 14.4. The summed E-state index contributed by atoms with van der Waals surface area (Å²) in [4.78, 5) is 46.2. The molecule has 5 rings (SSSR count). The number of halogens is 3. The molecule has 0 unspecified atom stereocenters. The Morgan fingerprint density at radius 3 is 2.68 bits per heavy atom. The molecule has 0 bridgehead atoms. The van der Waals surface area contributed by atoms with Gasteiger partial charge in [-0.3, -0.25) is 18.9 Å². The second-order valence-corrected chi connectivity index (χ2v) is 13.0. The van der Waals surface area contributed by atoms with Crippen LogP contribution in [0.4, 0.5) is 13.2 Å². The van der Waals surface area contributed by atoms with Crippen molar-refractivity contribution in [1.82, 2.24) is 18.8 Å². The van der Waals surface area contributed by atoms with Crippen LogP contribution in [0.1, 0.15) is 44.7 Å². The lowest BCUT2D eigenvalue weighted by molar-refractivity contribution is -0.126. The quantitative estimate of drug-likeness (QED) is 0.246. The Hall–Kier alpha value is -3.52. The van der Waals surface area contributed by atoms with Crippen molar-refractivity contribution in [1.29, 1.82) is 0 Å². The summed E-state index contributed by atoms with van der Waals surface area (Å²) in [6.07, 6.45) is 4.62. The zero-order valence-corrected chi connectivity index (χ0v) is 24.3. The Bertz CT molecular complexity index is 1740. The normalized spacial score (nSPS) is 14.5. The van der Waals surface area contributed by atoms with Crippen LogP contribution in [-0.4, -0.2) is 31.4 Å². The van der Waals surface area contributed by atoms with Gasteiger partial charge in [-0.05, 0) is 88.2 Å². The number of rotatable bonds is 10. The van der Waals surface area contributed by atoms with Crippen molar-refractivity contribution in [2.75, 3.05) is 0 Å². The third-order valence-electron chi connectivity index (χ3n) is 7.14. The van der Waals surface area contributed by atoms with Gasteiger partial charge in [0.15, 0.2) is 0 Å². The van der Waals surface area contributed by atoms with Crippen LogP contribution in [0, 0.1) is 12.7 Å². The fourth-order valence-electron chi connectivity index (χ4n) is 4.44. The topological polar surface area (TPSA) is 108 Å². The monoisotopic (exact) mass is 608 g/mol. The van der Waals surface area contributed by atoms with E-state index in [1.165, 1.54) is 42.8 Å². The number of hydrogen-bond donors (Lipinski definition) is 1. The molecule has 14 heteroatoms. The van der Waals surface area contributed by atoms with Crippen LogP contribution in [0.5, 0.6) is 5.75 Å². The van der Waals surface area contributed by atoms with Crippen LogP contribution in [0.25, 0.3) is 21.0 Å². The van der Waals surface area contributed by atoms with Gasteiger partial charge < -0.3 is 9.15 Å². The van der Waals surface area contributed by atoms with Crippen LogP contribution in [-0.2, 0) is 23.3 Å². The number of carbonyl (C=O) groups is 1. The highest BCUT2D eigenvalue weighted by atomic mass is 32.2. The van der Waals surface area contributed by atoms with Crippen LogP contribution < -0.4 is 20.7 Å². The number of amides is 1. The summed E-state index contributed by atoms with van der Waals surface area (Å²) < 4.78 is 55.0. The predicted octanol–water partition coefficient (Wildman–Crippen LogP) is 5.22. The van der Waals surface area contributed by atoms with E-state index in [1.807, 2.05) is 6.92 Å². The lowest BCUT2D eigenvalue weighted by Crippen LogP contribution is -2.55. The van der Waals surface area contributed by atoms with Gasteiger partial charge in [0.25, 0.3) is 11.5 Å². The second-order valence-electron chi connectivity index (χ2n) is 10.6. The Morgan fingerprint density at radius 2 is 2.05 bits per heavy atom. The summed E-state index contributed by atoms with van der Waals surface area (Å²) in [6, 6.07) is 3.15. The van der Waals surface area contributed by atoms with Crippen LogP contribution >= 0.6 is 23.3 Å². The molecule has 41 heavy (non-hydrogen) atoms. The molecule has 0 atom stereocenters. The minimum Gasteiger partial charge on any atom is -0.444 e. The molecule has 3 heterocycles. The number of aryl methyl sites for hydroxylation is 3. The van der Waals surface area contributed by atoms with Crippen molar-refractivity contribution < 1.29 is 27.1 Å². The van der Waals surface area contributed by atoms with Gasteiger partial charge in [0.2, 0.25) is 5.89 Å². The molecule has 1 N–H and O–H groups in total. The summed E-state index contributed by atoms with van der Waals surface area (Å²) in [7, 11) is 0. The van der Waals surface area contributed by atoms with Crippen molar-refractivity contribution in [2.45, 2.75) is 70.4 Å². The van der Waals surface area contributed by atoms with Crippen molar-refractivity contribution in [3.63, 3.8) is 0 Å². The predicted molar refractivity (Wildman–Crippen MR) is 150 cm³/mol. The zero-order chi connectivity index (χ0) is 29.7. The highest BCUT2D eigenvalue weighted by Crippen LogP contribution is 2.46. The van der Waals surface area contributed by atoms with E-state index < -0.39 is 35.1 Å². The summed E-state index contributed by atoms with van der Waals surface area (Å²) in [5, 5.41) is 0.189. The summed E-state index contributed by atoms with van der Waals surface area (Å²) in [5.41, 5.74) is -2.43. The Labute approximate surface area is 240 Å². The number of hydrogen-bond acceptors (Lipinski definition) is 8. The lowest BCUT2D eigenvalue weighted by Gasteiger charge is -2.27. The molecule has 4 aromatic rings. The smallest absolute Gasteiger partial charge is 0.387 e. The summed E-state index contributed by atoms with van der Waals surface area (Å²) in [6.45, 7) is 3.40. The standard InChI is InChI=1S/C27H27F3N4O5S2/c1-14-18-21(35)34(26(2,3)23(36)32-41-27(4)8-9-27)25(37)33(22(18)40-19(14)20-31-10-12-38-20)11-7-15-13-16(28)5-6-17(15)39-24(29)30/h5-6,10,12-13,24H,7-9,11H2,1-4H3,(H,32,36). The maximum atomic E-state index is 14.1. The van der Waals surface area contributed by atoms with Gasteiger partial charge in [0, 0.05) is 11.3 Å². The van der Waals surface area contributed by atoms with E-state index in [0.717, 1.165) is 46.9 Å². The van der Waals surface area contributed by atoms with Crippen molar-refractivity contribution >= 4 is 39.4 Å². The molecule has 218 valence electrons. The molecule has 0 saturated heterocycles. The van der Waals surface area contributed by atoms with Gasteiger partial charge in [0.1, 0.15) is 28.2 Å². The van der Waals surface area contributed by atoms with Gasteiger partial charge >= 0.3 is 12.3 Å². The third kappa shape index (κ3) is 5.54. The maximum Gasteiger partial charge on any atom is 0.387 e. The SMILES string of the molecule is Cc1c(-c2ncco2)sc2c1c(=O)n(C(C)(C)C(=O)NSC1(C)CC1)c(=O)n2CCc1cc(F)ccc1OC(F)F. The van der Waals surface area contributed by atoms with E-state index in [4.69, 9.17) is 4.42 Å². The largest absolute Gasteiger partial charge is 0.444 e. The number of nitrogens with zero attached hydrogens (tertiary/aromatic N) is 3. The van der Waals surface area contributed by atoms with E-state index in [1.54, 1.807) is 6.92 Å². The highest BCUT2D eigenvalue weighted by molar-refractivity contribution is 7.99. The summed E-state index contributed by atoms with van der Waals surface area (Å²) >= 11 is 2.36. The Kier molecular flexibility index (Phi) is 7.57. The number of benzene rings is 1. The molecule has 1 aromatic carbocycles. The van der Waals surface area contributed by atoms with Gasteiger partial charge in [-0.1, -0.05) is 0 Å². The number of thiophene rings is 1. The minimum atomic E-state index is -3.13. The highest BCUT2D eigenvalue weighted by Gasteiger charge is 2.41. The molecule has 0 radical (unpaired) electrons. The van der Waals surface area contributed by atoms with Gasteiger partial charge in [-0.15, -0.1) is 11.3 Å². The number of ether oxygens (including phenoxy) is 1. The lowest BCUT2D eigenvalue weighted by atomic mass is 10.0. The molecule has 9 nitrogen and oxygen atoms in total. The van der Waals surface area contributed by atoms with Gasteiger partial charge in [-0.2, -0.15) is 8.78 Å². The number of carbonyl (C=O) groups excluding carboxylic acids is 1. The molecule has 1 aliphatic rings. The fraction of sp³-hybridized carbons (Fsp3) is 0.407. The van der Waals surface area contributed by atoms with E-state index in [9.17, 15) is 27.6 Å². The van der Waals surface area contributed by atoms with Gasteiger partial charge in [-0.25, -0.2) is 18.7 Å².